The van der Waals surface area contributed by atoms with Crippen molar-refractivity contribution in [2.24, 2.45) is 5.92 Å². The molecule has 0 aliphatic carbocycles. The standard InChI is InChI=1S/C29H38N4O5/c1-29(2,3)38-28(35)32-11-9-22(10-12-32)24-17-23-18-26(30-19-25(23)37-24)31-13-15-33(16-14-31)27(34)36-20-21-7-5-4-6-8-21/h4-8,18-19,22,24H,9-17,20H2,1-3H3. The summed E-state index contributed by atoms with van der Waals surface area (Å²) in [5, 5.41) is 0. The first-order chi connectivity index (χ1) is 18.2. The summed E-state index contributed by atoms with van der Waals surface area (Å²) in [6.45, 7) is 9.96. The van der Waals surface area contributed by atoms with Crippen molar-refractivity contribution < 1.29 is 23.8 Å². The minimum Gasteiger partial charge on any atom is -0.488 e. The molecule has 0 spiro atoms. The fourth-order valence-electron chi connectivity index (χ4n) is 5.30. The topological polar surface area (TPSA) is 84.4 Å². The van der Waals surface area contributed by atoms with Crippen LogP contribution in [0.3, 0.4) is 0 Å². The highest BCUT2D eigenvalue weighted by Gasteiger charge is 2.35. The average molecular weight is 523 g/mol. The van der Waals surface area contributed by atoms with Crippen molar-refractivity contribution >= 4 is 18.0 Å². The zero-order valence-corrected chi connectivity index (χ0v) is 22.6. The van der Waals surface area contributed by atoms with Gasteiger partial charge in [0.15, 0.2) is 0 Å². The fraction of sp³-hybridized carbons (Fsp3) is 0.552. The van der Waals surface area contributed by atoms with Crippen molar-refractivity contribution in [2.75, 3.05) is 44.2 Å². The second-order valence-electron chi connectivity index (χ2n) is 11.3. The highest BCUT2D eigenvalue weighted by molar-refractivity contribution is 5.68. The Labute approximate surface area is 224 Å². The van der Waals surface area contributed by atoms with Crippen LogP contribution in [0.4, 0.5) is 15.4 Å². The maximum absolute atomic E-state index is 12.5. The number of anilines is 1. The molecule has 9 heteroatoms. The lowest BCUT2D eigenvalue weighted by Crippen LogP contribution is -2.49. The Morgan fingerprint density at radius 1 is 0.974 bits per heavy atom. The van der Waals surface area contributed by atoms with Crippen molar-refractivity contribution in [3.63, 3.8) is 0 Å². The summed E-state index contributed by atoms with van der Waals surface area (Å²) in [6.07, 6.45) is 4.10. The van der Waals surface area contributed by atoms with Crippen LogP contribution in [0.1, 0.15) is 44.7 Å². The van der Waals surface area contributed by atoms with Gasteiger partial charge in [-0.15, -0.1) is 0 Å². The third-order valence-electron chi connectivity index (χ3n) is 7.42. The lowest BCUT2D eigenvalue weighted by Gasteiger charge is -2.35. The van der Waals surface area contributed by atoms with E-state index in [-0.39, 0.29) is 24.9 Å². The molecule has 2 aromatic rings. The van der Waals surface area contributed by atoms with Crippen LogP contribution in [0.2, 0.25) is 0 Å². The van der Waals surface area contributed by atoms with Gasteiger partial charge < -0.3 is 28.9 Å². The van der Waals surface area contributed by atoms with Gasteiger partial charge in [-0.1, -0.05) is 30.3 Å². The second kappa shape index (κ2) is 11.1. The van der Waals surface area contributed by atoms with Crippen LogP contribution in [0, 0.1) is 5.92 Å². The highest BCUT2D eigenvalue weighted by Crippen LogP contribution is 2.36. The minimum absolute atomic E-state index is 0.110. The SMILES string of the molecule is CC(C)(C)OC(=O)N1CCC(C2Cc3cc(N4CCN(C(=O)OCc5ccccc5)CC4)ncc3O2)CC1. The number of hydrogen-bond donors (Lipinski definition) is 0. The molecule has 0 saturated carbocycles. The second-order valence-corrected chi connectivity index (χ2v) is 11.3. The summed E-state index contributed by atoms with van der Waals surface area (Å²) in [5.41, 5.74) is 1.68. The van der Waals surface area contributed by atoms with Crippen molar-refractivity contribution in [2.45, 2.75) is 58.3 Å². The monoisotopic (exact) mass is 522 g/mol. The summed E-state index contributed by atoms with van der Waals surface area (Å²) in [4.78, 5) is 35.3. The number of rotatable bonds is 4. The molecule has 5 rings (SSSR count). The Kier molecular flexibility index (Phi) is 7.63. The number of carbonyl (C=O) groups is 2. The van der Waals surface area contributed by atoms with Gasteiger partial charge in [-0.25, -0.2) is 14.6 Å². The number of amides is 2. The number of pyridine rings is 1. The first kappa shape index (κ1) is 26.1. The van der Waals surface area contributed by atoms with Gasteiger partial charge in [0.25, 0.3) is 0 Å². The third kappa shape index (κ3) is 6.31. The molecular formula is C29H38N4O5. The number of benzene rings is 1. The first-order valence-electron chi connectivity index (χ1n) is 13.6. The summed E-state index contributed by atoms with van der Waals surface area (Å²) in [7, 11) is 0. The average Bonchev–Trinajstić information content (AvgIpc) is 3.35. The Morgan fingerprint density at radius 3 is 2.34 bits per heavy atom. The minimum atomic E-state index is -0.479. The van der Waals surface area contributed by atoms with Crippen LogP contribution in [-0.4, -0.2) is 77.9 Å². The van der Waals surface area contributed by atoms with E-state index in [0.717, 1.165) is 36.4 Å². The number of piperazine rings is 1. The van der Waals surface area contributed by atoms with E-state index in [9.17, 15) is 9.59 Å². The van der Waals surface area contributed by atoms with Gasteiger partial charge in [0.05, 0.1) is 6.20 Å². The van der Waals surface area contributed by atoms with Crippen LogP contribution >= 0.6 is 0 Å². The van der Waals surface area contributed by atoms with Gasteiger partial charge in [0.1, 0.15) is 29.9 Å². The zero-order valence-electron chi connectivity index (χ0n) is 22.6. The summed E-state index contributed by atoms with van der Waals surface area (Å²) >= 11 is 0. The van der Waals surface area contributed by atoms with Gasteiger partial charge in [0, 0.05) is 51.3 Å². The Morgan fingerprint density at radius 2 is 1.66 bits per heavy atom. The molecule has 2 saturated heterocycles. The summed E-state index contributed by atoms with van der Waals surface area (Å²) in [6, 6.07) is 11.9. The normalized spacial score (nSPS) is 20.1. The Balaban J connectivity index is 1.09. The first-order valence-corrected chi connectivity index (χ1v) is 13.6. The van der Waals surface area contributed by atoms with Crippen molar-refractivity contribution in [1.82, 2.24) is 14.8 Å². The Bertz CT molecular complexity index is 1120. The molecule has 3 aliphatic heterocycles. The Hall–Kier alpha value is -3.49. The molecule has 0 radical (unpaired) electrons. The van der Waals surface area contributed by atoms with E-state index in [1.54, 1.807) is 9.80 Å². The number of hydrogen-bond acceptors (Lipinski definition) is 7. The van der Waals surface area contributed by atoms with Gasteiger partial charge in [-0.3, -0.25) is 0 Å². The molecule has 2 fully saturated rings. The molecule has 204 valence electrons. The molecule has 38 heavy (non-hydrogen) atoms. The predicted octanol–water partition coefficient (Wildman–Crippen LogP) is 4.49. The summed E-state index contributed by atoms with van der Waals surface area (Å²) in [5.74, 6) is 2.18. The van der Waals surface area contributed by atoms with E-state index in [1.807, 2.05) is 57.3 Å². The van der Waals surface area contributed by atoms with Gasteiger partial charge in [-0.05, 0) is 51.2 Å². The van der Waals surface area contributed by atoms with E-state index in [0.29, 0.717) is 45.2 Å². The maximum atomic E-state index is 12.5. The van der Waals surface area contributed by atoms with Gasteiger partial charge >= 0.3 is 12.2 Å². The molecule has 2 amide bonds. The molecule has 0 bridgehead atoms. The smallest absolute Gasteiger partial charge is 0.410 e. The van der Waals surface area contributed by atoms with E-state index < -0.39 is 5.60 Å². The fourth-order valence-corrected chi connectivity index (χ4v) is 5.30. The van der Waals surface area contributed by atoms with Gasteiger partial charge in [0.2, 0.25) is 0 Å². The van der Waals surface area contributed by atoms with E-state index in [4.69, 9.17) is 14.2 Å². The van der Waals surface area contributed by atoms with Crippen LogP contribution < -0.4 is 9.64 Å². The van der Waals surface area contributed by atoms with Crippen molar-refractivity contribution in [3.05, 3.63) is 53.7 Å². The highest BCUT2D eigenvalue weighted by atomic mass is 16.6. The number of ether oxygens (including phenoxy) is 3. The molecule has 1 aromatic heterocycles. The van der Waals surface area contributed by atoms with Crippen LogP contribution in [-0.2, 0) is 22.5 Å². The number of nitrogens with zero attached hydrogens (tertiary/aromatic N) is 4. The maximum Gasteiger partial charge on any atom is 0.410 e. The molecular weight excluding hydrogens is 484 g/mol. The van der Waals surface area contributed by atoms with Crippen molar-refractivity contribution in [1.29, 1.82) is 0 Å². The largest absolute Gasteiger partial charge is 0.488 e. The third-order valence-corrected chi connectivity index (χ3v) is 7.42. The number of fused-ring (bicyclic) bond motifs is 1. The lowest BCUT2D eigenvalue weighted by atomic mass is 9.89. The molecule has 4 heterocycles. The zero-order chi connectivity index (χ0) is 26.7. The van der Waals surface area contributed by atoms with Gasteiger partial charge in [-0.2, -0.15) is 0 Å². The van der Waals surface area contributed by atoms with Crippen LogP contribution in [0.5, 0.6) is 5.75 Å². The molecule has 1 atom stereocenters. The van der Waals surface area contributed by atoms with E-state index >= 15 is 0 Å². The van der Waals surface area contributed by atoms with Crippen molar-refractivity contribution in [3.8, 4) is 5.75 Å². The number of piperidine rings is 1. The molecule has 0 N–H and O–H groups in total. The number of likely N-dealkylation sites (tertiary alicyclic amines) is 1. The number of aromatic nitrogens is 1. The van der Waals surface area contributed by atoms with E-state index in [1.165, 1.54) is 5.56 Å². The molecule has 9 nitrogen and oxygen atoms in total. The lowest BCUT2D eigenvalue weighted by molar-refractivity contribution is 0.0123. The van der Waals surface area contributed by atoms with Crippen LogP contribution in [0.25, 0.3) is 0 Å². The molecule has 1 unspecified atom stereocenters. The molecule has 3 aliphatic rings. The predicted molar refractivity (Wildman–Crippen MR) is 143 cm³/mol. The van der Waals surface area contributed by atoms with E-state index in [2.05, 4.69) is 16.0 Å². The summed E-state index contributed by atoms with van der Waals surface area (Å²) < 4.78 is 17.3. The molecule has 1 aromatic carbocycles. The number of carbonyl (C=O) groups excluding carboxylic acids is 2. The quantitative estimate of drug-likeness (QED) is 0.585. The van der Waals surface area contributed by atoms with Crippen LogP contribution in [0.15, 0.2) is 42.6 Å².